The van der Waals surface area contributed by atoms with E-state index >= 15 is 0 Å². The smallest absolute Gasteiger partial charge is 0.237 e. The predicted octanol–water partition coefficient (Wildman–Crippen LogP) is 4.25. The third kappa shape index (κ3) is 3.84. The van der Waals surface area contributed by atoms with Gasteiger partial charge in [-0.25, -0.2) is 4.39 Å². The number of rotatable bonds is 4. The van der Waals surface area contributed by atoms with Crippen LogP contribution in [0, 0.1) is 12.7 Å². The molecule has 0 aliphatic heterocycles. The molecule has 2 rings (SSSR count). The molecule has 0 unspecified atom stereocenters. The zero-order valence-corrected chi connectivity index (χ0v) is 12.2. The Kier molecular flexibility index (Phi) is 4.79. The highest BCUT2D eigenvalue weighted by atomic mass is 32.2. The Morgan fingerprint density at radius 1 is 1.20 bits per heavy atom. The van der Waals surface area contributed by atoms with Crippen molar-refractivity contribution in [1.82, 2.24) is 0 Å². The highest BCUT2D eigenvalue weighted by molar-refractivity contribution is 8.00. The summed E-state index contributed by atoms with van der Waals surface area (Å²) in [6, 6.07) is 14.1. The number of thioether (sulfide) groups is 1. The molecule has 0 saturated heterocycles. The number of anilines is 1. The van der Waals surface area contributed by atoms with Crippen molar-refractivity contribution in [2.45, 2.75) is 24.0 Å². The SMILES string of the molecule is Cc1ccc(F)cc1NC(=O)[C@@H](C)Sc1ccccc1. The lowest BCUT2D eigenvalue weighted by Gasteiger charge is -2.13. The first-order chi connectivity index (χ1) is 9.56. The van der Waals surface area contributed by atoms with Crippen LogP contribution in [0.5, 0.6) is 0 Å². The van der Waals surface area contributed by atoms with E-state index in [2.05, 4.69) is 5.32 Å². The van der Waals surface area contributed by atoms with Crippen LogP contribution in [0.25, 0.3) is 0 Å². The summed E-state index contributed by atoms with van der Waals surface area (Å²) >= 11 is 1.48. The molecule has 0 heterocycles. The third-order valence-electron chi connectivity index (χ3n) is 2.88. The summed E-state index contributed by atoms with van der Waals surface area (Å²) in [6.07, 6.45) is 0. The van der Waals surface area contributed by atoms with Crippen molar-refractivity contribution in [3.05, 3.63) is 59.9 Å². The van der Waals surface area contributed by atoms with Crippen molar-refractivity contribution in [2.75, 3.05) is 5.32 Å². The molecular weight excluding hydrogens is 273 g/mol. The molecule has 0 saturated carbocycles. The molecule has 4 heteroatoms. The minimum Gasteiger partial charge on any atom is -0.325 e. The van der Waals surface area contributed by atoms with Crippen molar-refractivity contribution in [3.63, 3.8) is 0 Å². The molecule has 1 atom stereocenters. The number of carbonyl (C=O) groups excluding carboxylic acids is 1. The zero-order chi connectivity index (χ0) is 14.5. The quantitative estimate of drug-likeness (QED) is 0.852. The molecular formula is C16H16FNOS. The second-order valence-electron chi connectivity index (χ2n) is 4.52. The molecule has 104 valence electrons. The molecule has 0 spiro atoms. The summed E-state index contributed by atoms with van der Waals surface area (Å²) in [4.78, 5) is 13.2. The van der Waals surface area contributed by atoms with Gasteiger partial charge in [-0.15, -0.1) is 11.8 Å². The summed E-state index contributed by atoms with van der Waals surface area (Å²) in [7, 11) is 0. The lowest BCUT2D eigenvalue weighted by atomic mass is 10.2. The molecule has 0 radical (unpaired) electrons. The Morgan fingerprint density at radius 3 is 2.60 bits per heavy atom. The first kappa shape index (κ1) is 14.6. The molecule has 20 heavy (non-hydrogen) atoms. The number of amides is 1. The highest BCUT2D eigenvalue weighted by Crippen LogP contribution is 2.24. The van der Waals surface area contributed by atoms with Crippen LogP contribution in [0.3, 0.4) is 0 Å². The lowest BCUT2D eigenvalue weighted by Crippen LogP contribution is -2.22. The summed E-state index contributed by atoms with van der Waals surface area (Å²) in [6.45, 7) is 3.67. The third-order valence-corrected chi connectivity index (χ3v) is 3.99. The van der Waals surface area contributed by atoms with Crippen LogP contribution >= 0.6 is 11.8 Å². The van der Waals surface area contributed by atoms with E-state index in [9.17, 15) is 9.18 Å². The van der Waals surface area contributed by atoms with E-state index in [1.54, 1.807) is 6.07 Å². The van der Waals surface area contributed by atoms with Crippen LogP contribution < -0.4 is 5.32 Å². The standard InChI is InChI=1S/C16H16FNOS/c1-11-8-9-13(17)10-15(11)18-16(19)12(2)20-14-6-4-3-5-7-14/h3-10,12H,1-2H3,(H,18,19)/t12-/m1/s1. The molecule has 0 fully saturated rings. The van der Waals surface area contributed by atoms with Crippen LogP contribution in [0.1, 0.15) is 12.5 Å². The van der Waals surface area contributed by atoms with Crippen molar-refractivity contribution >= 4 is 23.4 Å². The first-order valence-corrected chi connectivity index (χ1v) is 7.23. The number of carbonyl (C=O) groups is 1. The molecule has 1 N–H and O–H groups in total. The monoisotopic (exact) mass is 289 g/mol. The van der Waals surface area contributed by atoms with Crippen molar-refractivity contribution < 1.29 is 9.18 Å². The number of aryl methyl sites for hydroxylation is 1. The second-order valence-corrected chi connectivity index (χ2v) is 5.94. The molecule has 1 amide bonds. The van der Waals surface area contributed by atoms with E-state index in [1.807, 2.05) is 44.2 Å². The summed E-state index contributed by atoms with van der Waals surface area (Å²) < 4.78 is 13.2. The van der Waals surface area contributed by atoms with Gasteiger partial charge < -0.3 is 5.32 Å². The maximum Gasteiger partial charge on any atom is 0.237 e. The van der Waals surface area contributed by atoms with Crippen LogP contribution in [-0.4, -0.2) is 11.2 Å². The van der Waals surface area contributed by atoms with Crippen LogP contribution in [-0.2, 0) is 4.79 Å². The highest BCUT2D eigenvalue weighted by Gasteiger charge is 2.15. The Labute approximate surface area is 122 Å². The summed E-state index contributed by atoms with van der Waals surface area (Å²) in [5.41, 5.74) is 1.37. The Hall–Kier alpha value is -1.81. The number of nitrogens with one attached hydrogen (secondary N) is 1. The minimum absolute atomic E-state index is 0.132. The van der Waals surface area contributed by atoms with E-state index in [0.29, 0.717) is 5.69 Å². The molecule has 2 aromatic rings. The molecule has 2 aromatic carbocycles. The van der Waals surface area contributed by atoms with Crippen LogP contribution in [0.2, 0.25) is 0 Å². The number of hydrogen-bond acceptors (Lipinski definition) is 2. The van der Waals surface area contributed by atoms with Crippen molar-refractivity contribution in [1.29, 1.82) is 0 Å². The van der Waals surface area contributed by atoms with Crippen molar-refractivity contribution in [3.8, 4) is 0 Å². The van der Waals surface area contributed by atoms with Gasteiger partial charge >= 0.3 is 0 Å². The van der Waals surface area contributed by atoms with Crippen LogP contribution in [0.4, 0.5) is 10.1 Å². The first-order valence-electron chi connectivity index (χ1n) is 6.35. The van der Waals surface area contributed by atoms with Gasteiger partial charge in [-0.05, 0) is 43.7 Å². The van der Waals surface area contributed by atoms with E-state index in [4.69, 9.17) is 0 Å². The maximum absolute atomic E-state index is 13.2. The fourth-order valence-electron chi connectivity index (χ4n) is 1.72. The molecule has 0 aliphatic carbocycles. The van der Waals surface area contributed by atoms with Gasteiger partial charge in [0.05, 0.1) is 5.25 Å². The van der Waals surface area contributed by atoms with Gasteiger partial charge in [-0.3, -0.25) is 4.79 Å². The average Bonchev–Trinajstić information content (AvgIpc) is 2.44. The Balaban J connectivity index is 2.02. The van der Waals surface area contributed by atoms with Gasteiger partial charge in [0.25, 0.3) is 0 Å². The van der Waals surface area contributed by atoms with Gasteiger partial charge in [0.15, 0.2) is 0 Å². The topological polar surface area (TPSA) is 29.1 Å². The average molecular weight is 289 g/mol. The summed E-state index contributed by atoms with van der Waals surface area (Å²) in [5, 5.41) is 2.52. The Morgan fingerprint density at radius 2 is 1.90 bits per heavy atom. The van der Waals surface area contributed by atoms with E-state index < -0.39 is 0 Å². The fourth-order valence-corrected chi connectivity index (χ4v) is 2.61. The largest absolute Gasteiger partial charge is 0.325 e. The van der Waals surface area contributed by atoms with E-state index in [1.165, 1.54) is 23.9 Å². The number of hydrogen-bond donors (Lipinski definition) is 1. The lowest BCUT2D eigenvalue weighted by molar-refractivity contribution is -0.115. The van der Waals surface area contributed by atoms with E-state index in [0.717, 1.165) is 10.5 Å². The van der Waals surface area contributed by atoms with Crippen LogP contribution in [0.15, 0.2) is 53.4 Å². The molecule has 0 bridgehead atoms. The number of halogens is 1. The van der Waals surface area contributed by atoms with Gasteiger partial charge in [0, 0.05) is 10.6 Å². The second kappa shape index (κ2) is 6.57. The molecule has 0 aliphatic rings. The van der Waals surface area contributed by atoms with Gasteiger partial charge in [0.2, 0.25) is 5.91 Å². The Bertz CT molecular complexity index is 601. The summed E-state index contributed by atoms with van der Waals surface area (Å²) in [5.74, 6) is -0.484. The normalized spacial score (nSPS) is 11.9. The van der Waals surface area contributed by atoms with Gasteiger partial charge in [-0.2, -0.15) is 0 Å². The molecule has 0 aromatic heterocycles. The van der Waals surface area contributed by atoms with Gasteiger partial charge in [-0.1, -0.05) is 24.3 Å². The van der Waals surface area contributed by atoms with E-state index in [-0.39, 0.29) is 17.0 Å². The molecule has 2 nitrogen and oxygen atoms in total. The minimum atomic E-state index is -0.353. The van der Waals surface area contributed by atoms with Gasteiger partial charge in [0.1, 0.15) is 5.82 Å². The number of benzene rings is 2. The maximum atomic E-state index is 13.2. The van der Waals surface area contributed by atoms with Crippen molar-refractivity contribution in [2.24, 2.45) is 0 Å². The fraction of sp³-hybridized carbons (Fsp3) is 0.188. The predicted molar refractivity (Wildman–Crippen MR) is 81.5 cm³/mol. The zero-order valence-electron chi connectivity index (χ0n) is 11.4.